The number of hydrogen-bond donors (Lipinski definition) is 3. The van der Waals surface area contributed by atoms with Gasteiger partial charge in [0.05, 0.1) is 16.6 Å². The van der Waals surface area contributed by atoms with Crippen LogP contribution in [0.1, 0.15) is 51.5 Å². The molecule has 3 saturated heterocycles. The maximum Gasteiger partial charge on any atom is 0.244 e. The van der Waals surface area contributed by atoms with Crippen molar-refractivity contribution in [3.8, 4) is 0 Å². The van der Waals surface area contributed by atoms with Gasteiger partial charge in [-0.1, -0.05) is 43.7 Å². The van der Waals surface area contributed by atoms with Gasteiger partial charge < -0.3 is 20.6 Å². The van der Waals surface area contributed by atoms with Crippen molar-refractivity contribution in [2.24, 2.45) is 11.8 Å². The van der Waals surface area contributed by atoms with Crippen molar-refractivity contribution in [2.75, 3.05) is 13.2 Å². The van der Waals surface area contributed by atoms with Crippen molar-refractivity contribution < 1.29 is 19.5 Å². The Kier molecular flexibility index (Phi) is 7.34. The first-order valence-electron chi connectivity index (χ1n) is 12.1. The van der Waals surface area contributed by atoms with E-state index >= 15 is 0 Å². The standard InChI is InChI=1S/C25H35N3O4S/c1-3-8-16(2)27-23(31)21-25-12-11-18(33-25)19(20(25)24(32)28(21)13-7-14-29)22(30)26-15-17-9-5-4-6-10-17/h4-6,9-10,16,18-21,29H,3,7-8,11-15H2,1-2H3,(H,26,30)(H,27,31)/t16?,18-,19+,20+,21?,25?/m1/s1. The number of likely N-dealkylation sites (tertiary alicyclic amines) is 1. The van der Waals surface area contributed by atoms with Crippen LogP contribution >= 0.6 is 11.8 Å². The first-order valence-corrected chi connectivity index (χ1v) is 13.0. The second-order valence-electron chi connectivity index (χ2n) is 9.57. The second kappa shape index (κ2) is 10.1. The fourth-order valence-corrected chi connectivity index (χ4v) is 8.18. The second-order valence-corrected chi connectivity index (χ2v) is 11.2. The van der Waals surface area contributed by atoms with E-state index in [-0.39, 0.29) is 35.6 Å². The van der Waals surface area contributed by atoms with Gasteiger partial charge in [0.25, 0.3) is 0 Å². The summed E-state index contributed by atoms with van der Waals surface area (Å²) >= 11 is 1.68. The summed E-state index contributed by atoms with van der Waals surface area (Å²) in [5.74, 6) is -1.25. The molecule has 33 heavy (non-hydrogen) atoms. The van der Waals surface area contributed by atoms with Gasteiger partial charge in [-0.3, -0.25) is 14.4 Å². The molecule has 0 aliphatic carbocycles. The summed E-state index contributed by atoms with van der Waals surface area (Å²) in [5.41, 5.74) is 1.01. The summed E-state index contributed by atoms with van der Waals surface area (Å²) in [6, 6.07) is 9.17. The fraction of sp³-hybridized carbons (Fsp3) is 0.640. The molecule has 0 aromatic heterocycles. The van der Waals surface area contributed by atoms with Gasteiger partial charge >= 0.3 is 0 Å². The normalized spacial score (nSPS) is 30.9. The average molecular weight is 474 g/mol. The van der Waals surface area contributed by atoms with Crippen LogP contribution in [0.25, 0.3) is 0 Å². The fourth-order valence-electron chi connectivity index (χ4n) is 5.97. The van der Waals surface area contributed by atoms with E-state index in [0.717, 1.165) is 31.2 Å². The van der Waals surface area contributed by atoms with E-state index in [4.69, 9.17) is 0 Å². The molecule has 6 atom stereocenters. The molecule has 3 heterocycles. The number of rotatable bonds is 10. The molecule has 7 nitrogen and oxygen atoms in total. The number of benzene rings is 1. The molecule has 2 bridgehead atoms. The van der Waals surface area contributed by atoms with E-state index in [1.807, 2.05) is 37.3 Å². The van der Waals surface area contributed by atoms with Gasteiger partial charge in [0.2, 0.25) is 17.7 Å². The molecule has 3 unspecified atom stereocenters. The Morgan fingerprint density at radius 2 is 2.03 bits per heavy atom. The Bertz CT molecular complexity index is 882. The molecule has 3 amide bonds. The van der Waals surface area contributed by atoms with E-state index in [9.17, 15) is 19.5 Å². The molecular weight excluding hydrogens is 438 g/mol. The van der Waals surface area contributed by atoms with E-state index < -0.39 is 22.6 Å². The number of hydrogen-bond acceptors (Lipinski definition) is 5. The molecule has 1 aromatic carbocycles. The molecule has 1 spiro atoms. The summed E-state index contributed by atoms with van der Waals surface area (Å²) in [5, 5.41) is 15.6. The molecule has 3 aliphatic heterocycles. The predicted molar refractivity (Wildman–Crippen MR) is 128 cm³/mol. The molecular formula is C25H35N3O4S. The highest BCUT2D eigenvalue weighted by molar-refractivity contribution is 8.02. The van der Waals surface area contributed by atoms with Crippen molar-refractivity contribution in [1.29, 1.82) is 0 Å². The SMILES string of the molecule is CCCC(C)NC(=O)C1N(CCCO)C(=O)[C@@H]2[C@@H](C(=O)NCc3ccccc3)[C@H]3CCC12S3. The van der Waals surface area contributed by atoms with Gasteiger partial charge in [-0.2, -0.15) is 0 Å². The quantitative estimate of drug-likeness (QED) is 0.483. The number of aliphatic hydroxyl groups is 1. The number of fused-ring (bicyclic) bond motifs is 1. The Hall–Kier alpha value is -2.06. The zero-order valence-corrected chi connectivity index (χ0v) is 20.3. The third-order valence-corrected chi connectivity index (χ3v) is 9.28. The van der Waals surface area contributed by atoms with E-state index in [1.165, 1.54) is 0 Å². The number of amides is 3. The highest BCUT2D eigenvalue weighted by atomic mass is 32.2. The summed E-state index contributed by atoms with van der Waals surface area (Å²) in [6.45, 7) is 4.78. The lowest BCUT2D eigenvalue weighted by atomic mass is 9.70. The summed E-state index contributed by atoms with van der Waals surface area (Å²) < 4.78 is -0.567. The Balaban J connectivity index is 1.57. The largest absolute Gasteiger partial charge is 0.396 e. The van der Waals surface area contributed by atoms with Gasteiger partial charge in [-0.15, -0.1) is 11.8 Å². The lowest BCUT2D eigenvalue weighted by molar-refractivity contribution is -0.140. The van der Waals surface area contributed by atoms with Crippen LogP contribution < -0.4 is 10.6 Å². The molecule has 3 aliphatic rings. The topological polar surface area (TPSA) is 98.7 Å². The number of carbonyl (C=O) groups is 3. The summed E-state index contributed by atoms with van der Waals surface area (Å²) in [7, 11) is 0. The zero-order chi connectivity index (χ0) is 23.6. The van der Waals surface area contributed by atoms with Crippen LogP contribution in [-0.2, 0) is 20.9 Å². The minimum Gasteiger partial charge on any atom is -0.396 e. The first kappa shape index (κ1) is 24.1. The minimum absolute atomic E-state index is 0.0290. The predicted octanol–water partition coefficient (Wildman–Crippen LogP) is 2.08. The Morgan fingerprint density at radius 3 is 2.73 bits per heavy atom. The van der Waals surface area contributed by atoms with E-state index in [1.54, 1.807) is 16.7 Å². The number of aliphatic hydroxyl groups excluding tert-OH is 1. The minimum atomic E-state index is -0.595. The van der Waals surface area contributed by atoms with Crippen LogP contribution in [0.15, 0.2) is 30.3 Å². The highest BCUT2D eigenvalue weighted by Crippen LogP contribution is 2.66. The van der Waals surface area contributed by atoms with Gasteiger partial charge in [0, 0.05) is 31.0 Å². The zero-order valence-electron chi connectivity index (χ0n) is 19.5. The molecule has 0 saturated carbocycles. The maximum atomic E-state index is 13.7. The van der Waals surface area contributed by atoms with Crippen molar-refractivity contribution in [3.05, 3.63) is 35.9 Å². The van der Waals surface area contributed by atoms with Crippen LogP contribution in [0.5, 0.6) is 0 Å². The third-order valence-electron chi connectivity index (χ3n) is 7.33. The first-order chi connectivity index (χ1) is 15.9. The number of nitrogens with zero attached hydrogens (tertiary/aromatic N) is 1. The van der Waals surface area contributed by atoms with Crippen LogP contribution in [0, 0.1) is 11.8 Å². The van der Waals surface area contributed by atoms with Gasteiger partial charge in [0.15, 0.2) is 0 Å². The monoisotopic (exact) mass is 473 g/mol. The Labute approximate surface area is 200 Å². The van der Waals surface area contributed by atoms with Gasteiger partial charge in [-0.05, 0) is 38.2 Å². The molecule has 8 heteroatoms. The molecule has 4 rings (SSSR count). The smallest absolute Gasteiger partial charge is 0.244 e. The molecule has 180 valence electrons. The van der Waals surface area contributed by atoms with Gasteiger partial charge in [-0.25, -0.2) is 0 Å². The van der Waals surface area contributed by atoms with Crippen LogP contribution in [0.4, 0.5) is 0 Å². The lowest BCUT2D eigenvalue weighted by Crippen LogP contribution is -2.55. The van der Waals surface area contributed by atoms with E-state index in [2.05, 4.69) is 17.6 Å². The van der Waals surface area contributed by atoms with E-state index in [0.29, 0.717) is 19.5 Å². The lowest BCUT2D eigenvalue weighted by Gasteiger charge is -2.35. The van der Waals surface area contributed by atoms with Gasteiger partial charge in [0.1, 0.15) is 6.04 Å². The van der Waals surface area contributed by atoms with Crippen molar-refractivity contribution >= 4 is 29.5 Å². The van der Waals surface area contributed by atoms with Crippen LogP contribution in [0.3, 0.4) is 0 Å². The van der Waals surface area contributed by atoms with Crippen molar-refractivity contribution in [1.82, 2.24) is 15.5 Å². The number of carbonyl (C=O) groups excluding carboxylic acids is 3. The summed E-state index contributed by atoms with van der Waals surface area (Å²) in [6.07, 6.45) is 3.85. The molecule has 0 radical (unpaired) electrons. The van der Waals surface area contributed by atoms with Crippen molar-refractivity contribution in [2.45, 2.75) is 74.6 Å². The van der Waals surface area contributed by atoms with Crippen LogP contribution in [-0.4, -0.2) is 63.0 Å². The number of nitrogens with one attached hydrogen (secondary N) is 2. The average Bonchev–Trinajstić information content (AvgIpc) is 3.44. The molecule has 1 aromatic rings. The number of thioether (sulfide) groups is 1. The maximum absolute atomic E-state index is 13.7. The van der Waals surface area contributed by atoms with Crippen molar-refractivity contribution in [3.63, 3.8) is 0 Å². The Morgan fingerprint density at radius 1 is 1.27 bits per heavy atom. The third kappa shape index (κ3) is 4.39. The highest BCUT2D eigenvalue weighted by Gasteiger charge is 2.73. The molecule has 3 N–H and O–H groups in total. The van der Waals surface area contributed by atoms with Crippen LogP contribution in [0.2, 0.25) is 0 Å². The molecule has 3 fully saturated rings. The summed E-state index contributed by atoms with van der Waals surface area (Å²) in [4.78, 5) is 42.1.